The topological polar surface area (TPSA) is 131 Å². The molecule has 2 saturated carbocycles. The van der Waals surface area contributed by atoms with E-state index in [4.69, 9.17) is 79.7 Å². The maximum atomic E-state index is 13.7. The molecule has 10 rings (SSSR count). The van der Waals surface area contributed by atoms with Crippen LogP contribution in [0.5, 0.6) is 11.5 Å². The number of hydrogen-bond acceptors (Lipinski definition) is 7. The van der Waals surface area contributed by atoms with Crippen LogP contribution < -0.4 is 24.6 Å². The number of methoxy groups -OCH3 is 2. The number of hydrogen-bond donors (Lipinski definition) is 1. The third kappa shape index (κ3) is 19.7. The van der Waals surface area contributed by atoms with Crippen molar-refractivity contribution >= 4 is 73.9 Å². The second kappa shape index (κ2) is 38.7. The molecule has 14 nitrogen and oxygen atoms in total. The second-order valence-electron chi connectivity index (χ2n) is 21.4. The number of nitrogens with one attached hydrogen (secondary N) is 1. The van der Waals surface area contributed by atoms with Gasteiger partial charge in [-0.15, -0.1) is 0 Å². The fourth-order valence-corrected chi connectivity index (χ4v) is 11.9. The molecule has 2 spiro atoms. The van der Waals surface area contributed by atoms with Crippen LogP contribution in [-0.4, -0.2) is 61.6 Å². The number of piperidine rings is 1. The van der Waals surface area contributed by atoms with Crippen molar-refractivity contribution < 1.29 is 88.5 Å². The summed E-state index contributed by atoms with van der Waals surface area (Å²) in [6, 6.07) is 32.0. The first kappa shape index (κ1) is 78.5. The highest BCUT2D eigenvalue weighted by Gasteiger charge is 2.51. The average molecular weight is 1330 g/mol. The summed E-state index contributed by atoms with van der Waals surface area (Å²) >= 11 is 3.55. The zero-order valence-corrected chi connectivity index (χ0v) is 50.8. The quantitative estimate of drug-likeness (QED) is 0.121. The molecular formula is C62H68BrF12N7O7. The van der Waals surface area contributed by atoms with Gasteiger partial charge in [0.25, 0.3) is 0 Å². The van der Waals surface area contributed by atoms with Crippen LogP contribution in [-0.2, 0) is 43.0 Å². The summed E-state index contributed by atoms with van der Waals surface area (Å²) in [5.74, 6) is 1.67. The number of benzene rings is 5. The highest BCUT2D eigenvalue weighted by Crippen LogP contribution is 2.52. The van der Waals surface area contributed by atoms with Crippen molar-refractivity contribution in [1.29, 1.82) is 0 Å². The van der Waals surface area contributed by atoms with Crippen LogP contribution >= 0.6 is 15.9 Å². The molecule has 27 heteroatoms. The Labute approximate surface area is 516 Å². The maximum absolute atomic E-state index is 13.7. The van der Waals surface area contributed by atoms with Gasteiger partial charge in [-0.05, 0) is 146 Å². The standard InChI is InChI=1S/C26H30BrN3O4.C22H22N2O2.C14H14N2O.5F2.2FH/c1-26(2,3)34-25(32)29-14-12-19(13-15-29)24(31)30(17-18-6-9-21(33-5)10-7-18)23-11-8-20(28-4)16-22(23)27;1-23-17-8-11-20-19(14-17)22(12-4-3-5-13-22)21(25)24(20)15-16-6-9-18(26-2)10-7-16;1-15-10-5-6-12-11(9-10)14(13(17)16-12)7-3-2-4-8-14;5*1-2;;/h6-11,16,19H,12-15,17H2,1-3,5H3;6-11,14H,3-5,12-13,15H2,2H3;5-6,9H,2-4,7-8H2,(H,16,17);;;;;;2*1H. The first-order chi connectivity index (χ1) is 42.0. The summed E-state index contributed by atoms with van der Waals surface area (Å²) in [5, 5.41) is 2.97. The lowest BCUT2D eigenvalue weighted by atomic mass is 9.70. The lowest BCUT2D eigenvalue weighted by Crippen LogP contribution is -2.45. The van der Waals surface area contributed by atoms with E-state index in [0.717, 1.165) is 96.5 Å². The Morgan fingerprint density at radius 3 is 1.55 bits per heavy atom. The van der Waals surface area contributed by atoms with Crippen LogP contribution in [0, 0.1) is 25.6 Å². The van der Waals surface area contributed by atoms with Gasteiger partial charge in [0.2, 0.25) is 17.7 Å². The molecule has 0 radical (unpaired) electrons. The van der Waals surface area contributed by atoms with Gasteiger partial charge in [0.1, 0.15) is 17.1 Å². The van der Waals surface area contributed by atoms with Crippen molar-refractivity contribution in [3.63, 3.8) is 0 Å². The zero-order valence-electron chi connectivity index (χ0n) is 49.2. The predicted octanol–water partition coefficient (Wildman–Crippen LogP) is 19.1. The molecule has 5 aromatic rings. The van der Waals surface area contributed by atoms with Gasteiger partial charge in [-0.1, -0.05) is 93.1 Å². The van der Waals surface area contributed by atoms with Crippen molar-refractivity contribution in [3.8, 4) is 11.5 Å². The number of fused-ring (bicyclic) bond motifs is 4. The van der Waals surface area contributed by atoms with E-state index in [9.17, 15) is 19.2 Å². The van der Waals surface area contributed by atoms with E-state index in [-0.39, 0.29) is 44.6 Å². The minimum atomic E-state index is -0.553. The van der Waals surface area contributed by atoms with Gasteiger partial charge >= 0.3 is 6.09 Å². The molecule has 0 aromatic heterocycles. The van der Waals surface area contributed by atoms with Crippen LogP contribution in [0.25, 0.3) is 14.5 Å². The van der Waals surface area contributed by atoms with Gasteiger partial charge in [0.05, 0.1) is 63.5 Å². The van der Waals surface area contributed by atoms with Crippen LogP contribution in [0.2, 0.25) is 0 Å². The SMILES string of the molecule is F.F.FF.FF.FF.FF.FF.[C-]#[N+]c1ccc(N(Cc2ccc(OC)cc2)C(=O)C2CCN(C(=O)OC(C)(C)C)CC2)c(Br)c1.[C-]#[N+]c1ccc2c(c1)C1(CCCCC1)C(=O)N2.[C-]#[N+]c1ccc2c(c1)C1(CCCCC1)C(=O)N2Cc1ccc(OC)cc1. The van der Waals surface area contributed by atoms with Crippen molar-refractivity contribution in [3.05, 3.63) is 164 Å². The number of ether oxygens (including phenoxy) is 3. The minimum absolute atomic E-state index is 0. The summed E-state index contributed by atoms with van der Waals surface area (Å²) in [6.45, 7) is 29.1. The Balaban J connectivity index is 0.000000639. The molecule has 5 aliphatic rings. The van der Waals surface area contributed by atoms with Gasteiger partial charge in [-0.3, -0.25) is 23.8 Å². The Bertz CT molecular complexity index is 3160. The third-order valence-electron chi connectivity index (χ3n) is 15.4. The van der Waals surface area contributed by atoms with Crippen molar-refractivity contribution in [2.45, 2.75) is 127 Å². The predicted molar refractivity (Wildman–Crippen MR) is 319 cm³/mol. The molecule has 89 heavy (non-hydrogen) atoms. The molecule has 3 fully saturated rings. The van der Waals surface area contributed by atoms with Gasteiger partial charge in [0.15, 0.2) is 17.1 Å². The Morgan fingerprint density at radius 2 is 1.08 bits per heavy atom. The van der Waals surface area contributed by atoms with Gasteiger partial charge in [-0.25, -0.2) is 19.3 Å². The molecule has 1 N–H and O–H groups in total. The average Bonchev–Trinajstić information content (AvgIpc) is 1.62. The van der Waals surface area contributed by atoms with E-state index in [1.807, 2.05) is 105 Å². The lowest BCUT2D eigenvalue weighted by Gasteiger charge is -2.35. The minimum Gasteiger partial charge on any atom is -0.497 e. The number of likely N-dealkylation sites (tertiary alicyclic amines) is 1. The van der Waals surface area contributed by atoms with Crippen molar-refractivity contribution in [2.75, 3.05) is 42.4 Å². The molecule has 4 amide bonds. The molecule has 0 unspecified atom stereocenters. The molecule has 0 bridgehead atoms. The third-order valence-corrected chi connectivity index (χ3v) is 16.1. The first-order valence-electron chi connectivity index (χ1n) is 27.2. The molecule has 5 aromatic carbocycles. The molecular weight excluding hydrogens is 1260 g/mol. The summed E-state index contributed by atoms with van der Waals surface area (Å²) < 4.78 is 96.6. The summed E-state index contributed by atoms with van der Waals surface area (Å²) in [5.41, 5.74) is 7.16. The van der Waals surface area contributed by atoms with Gasteiger partial charge < -0.3 is 34.2 Å². The highest BCUT2D eigenvalue weighted by molar-refractivity contribution is 9.10. The normalized spacial score (nSPS) is 15.0. The van der Waals surface area contributed by atoms with Crippen molar-refractivity contribution in [2.24, 2.45) is 5.92 Å². The fraction of sp³-hybridized carbons (Fsp3) is 0.403. The van der Waals surface area contributed by atoms with E-state index in [1.165, 1.54) is 12.8 Å². The molecule has 1 saturated heterocycles. The number of nitrogens with zero attached hydrogens (tertiary/aromatic N) is 6. The Kier molecular flexibility index (Phi) is 34.1. The van der Waals surface area contributed by atoms with E-state index in [2.05, 4.69) is 35.8 Å². The largest absolute Gasteiger partial charge is 0.497 e. The first-order valence-corrected chi connectivity index (χ1v) is 28.0. The monoisotopic (exact) mass is 1330 g/mol. The molecule has 3 aliphatic heterocycles. The Hall–Kier alpha value is -8.51. The maximum Gasteiger partial charge on any atom is 0.410 e. The van der Waals surface area contributed by atoms with E-state index >= 15 is 0 Å². The van der Waals surface area contributed by atoms with Gasteiger partial charge in [-0.2, -0.15) is 0 Å². The summed E-state index contributed by atoms with van der Waals surface area (Å²) in [7, 11) is 3.27. The van der Waals surface area contributed by atoms with E-state index < -0.39 is 11.0 Å². The summed E-state index contributed by atoms with van der Waals surface area (Å²) in [6.07, 6.45) is 11.2. The number of halogens is 13. The number of anilines is 3. The van der Waals surface area contributed by atoms with Crippen LogP contribution in [0.15, 0.2) is 108 Å². The van der Waals surface area contributed by atoms with E-state index in [1.54, 1.807) is 48.3 Å². The summed E-state index contributed by atoms with van der Waals surface area (Å²) in [4.78, 5) is 67.7. The zero-order chi connectivity index (χ0) is 64.9. The van der Waals surface area contributed by atoms with E-state index in [0.29, 0.717) is 66.2 Å². The number of carbonyl (C=O) groups excluding carboxylic acids is 4. The highest BCUT2D eigenvalue weighted by atomic mass is 79.9. The van der Waals surface area contributed by atoms with Crippen LogP contribution in [0.1, 0.15) is 120 Å². The molecule has 3 heterocycles. The molecule has 2 aliphatic carbocycles. The van der Waals surface area contributed by atoms with Gasteiger partial charge in [0, 0.05) is 80.6 Å². The van der Waals surface area contributed by atoms with Crippen LogP contribution in [0.4, 0.5) is 94.1 Å². The van der Waals surface area contributed by atoms with Crippen molar-refractivity contribution in [1.82, 2.24) is 4.90 Å². The molecule has 0 atom stereocenters. The van der Waals surface area contributed by atoms with Crippen LogP contribution in [0.3, 0.4) is 0 Å². The number of rotatable bonds is 8. The lowest BCUT2D eigenvalue weighted by molar-refractivity contribution is -0.125. The number of carbonyl (C=O) groups is 4. The smallest absolute Gasteiger partial charge is 0.410 e. The second-order valence-corrected chi connectivity index (χ2v) is 22.2. The molecule has 484 valence electrons. The number of amides is 4. The fourth-order valence-electron chi connectivity index (χ4n) is 11.4. The Morgan fingerprint density at radius 1 is 0.629 bits per heavy atom.